The Bertz CT molecular complexity index is 1100. The van der Waals surface area contributed by atoms with Gasteiger partial charge in [-0.15, -0.1) is 0 Å². The summed E-state index contributed by atoms with van der Waals surface area (Å²) in [4.78, 5) is 28.0. The van der Waals surface area contributed by atoms with Gasteiger partial charge in [0.15, 0.2) is 11.3 Å². The summed E-state index contributed by atoms with van der Waals surface area (Å²) in [6, 6.07) is 0.0372. The Morgan fingerprint density at radius 3 is 2.60 bits per heavy atom. The summed E-state index contributed by atoms with van der Waals surface area (Å²) in [5.41, 5.74) is 5.07. The Morgan fingerprint density at radius 2 is 1.93 bits per heavy atom. The van der Waals surface area contributed by atoms with E-state index in [2.05, 4.69) is 27.4 Å². The third-order valence-electron chi connectivity index (χ3n) is 5.46. The molecule has 0 spiro atoms. The number of rotatable bonds is 5. The Balaban J connectivity index is 1.60. The summed E-state index contributed by atoms with van der Waals surface area (Å²) in [6.07, 6.45) is 6.19. The zero-order valence-corrected chi connectivity index (χ0v) is 16.3. The van der Waals surface area contributed by atoms with Gasteiger partial charge in [-0.25, -0.2) is 18.3 Å². The number of hydrogen-bond acceptors (Lipinski definition) is 5. The molecule has 1 aliphatic rings. The van der Waals surface area contributed by atoms with Crippen molar-refractivity contribution >= 4 is 23.1 Å². The Labute approximate surface area is 170 Å². The number of primary amides is 1. The molecule has 0 bridgehead atoms. The van der Waals surface area contributed by atoms with E-state index in [0.29, 0.717) is 5.92 Å². The molecule has 0 unspecified atom stereocenters. The standard InChI is InChI=1S/C19H21F2N7O2/c1-10-2-4-12(5-3-10)27-9-14(15(26-27)16(20)21)25-19(30)13-7-24-28-8-11(17(22)29)6-23-18(13)28/h6-10,12,16H,2-5H2,1H3,(H2,22,29)(H,25,30)/t10-,12-. The van der Waals surface area contributed by atoms with Crippen molar-refractivity contribution in [2.45, 2.75) is 45.1 Å². The van der Waals surface area contributed by atoms with Crippen LogP contribution in [-0.2, 0) is 0 Å². The number of nitrogens with zero attached hydrogens (tertiary/aromatic N) is 5. The van der Waals surface area contributed by atoms with E-state index in [-0.39, 0.29) is 28.5 Å². The monoisotopic (exact) mass is 417 g/mol. The van der Waals surface area contributed by atoms with Crippen LogP contribution in [0.2, 0.25) is 0 Å². The lowest BCUT2D eigenvalue weighted by Crippen LogP contribution is -2.17. The van der Waals surface area contributed by atoms with Gasteiger partial charge in [0.2, 0.25) is 0 Å². The predicted octanol–water partition coefficient (Wildman–Crippen LogP) is 2.97. The summed E-state index contributed by atoms with van der Waals surface area (Å²) in [7, 11) is 0. The van der Waals surface area contributed by atoms with Crippen LogP contribution in [0.1, 0.15) is 71.5 Å². The van der Waals surface area contributed by atoms with Gasteiger partial charge in [-0.1, -0.05) is 6.92 Å². The first-order valence-corrected chi connectivity index (χ1v) is 9.65. The fourth-order valence-corrected chi connectivity index (χ4v) is 3.71. The van der Waals surface area contributed by atoms with Gasteiger partial charge in [0.05, 0.1) is 23.5 Å². The number of carbonyl (C=O) groups excluding carboxylic acids is 2. The van der Waals surface area contributed by atoms with Crippen LogP contribution < -0.4 is 11.1 Å². The van der Waals surface area contributed by atoms with E-state index in [9.17, 15) is 18.4 Å². The van der Waals surface area contributed by atoms with E-state index in [1.165, 1.54) is 34.0 Å². The van der Waals surface area contributed by atoms with E-state index in [4.69, 9.17) is 5.73 Å². The molecule has 30 heavy (non-hydrogen) atoms. The normalized spacial score (nSPS) is 19.3. The summed E-state index contributed by atoms with van der Waals surface area (Å²) in [6.45, 7) is 2.17. The van der Waals surface area contributed by atoms with Gasteiger partial charge >= 0.3 is 0 Å². The quantitative estimate of drug-likeness (QED) is 0.661. The van der Waals surface area contributed by atoms with Gasteiger partial charge in [-0.3, -0.25) is 14.3 Å². The van der Waals surface area contributed by atoms with Gasteiger partial charge in [0.25, 0.3) is 18.2 Å². The first-order valence-electron chi connectivity index (χ1n) is 9.65. The molecule has 9 nitrogen and oxygen atoms in total. The van der Waals surface area contributed by atoms with Crippen LogP contribution in [0.3, 0.4) is 0 Å². The SMILES string of the molecule is C[C@H]1CC[C@H](n2cc(NC(=O)c3cnn4cc(C(N)=O)cnc34)c(C(F)F)n2)CC1. The second-order valence-electron chi connectivity index (χ2n) is 7.61. The van der Waals surface area contributed by atoms with Gasteiger partial charge in [0.1, 0.15) is 5.56 Å². The highest BCUT2D eigenvalue weighted by Crippen LogP contribution is 2.34. The second kappa shape index (κ2) is 7.81. The van der Waals surface area contributed by atoms with Crippen LogP contribution in [0, 0.1) is 5.92 Å². The number of carbonyl (C=O) groups is 2. The maximum Gasteiger partial charge on any atom is 0.284 e. The molecule has 0 radical (unpaired) electrons. The first-order chi connectivity index (χ1) is 14.3. The number of alkyl halides is 2. The van der Waals surface area contributed by atoms with Crippen LogP contribution in [0.15, 0.2) is 24.8 Å². The summed E-state index contributed by atoms with van der Waals surface area (Å²) >= 11 is 0. The van der Waals surface area contributed by atoms with E-state index in [1.807, 2.05) is 0 Å². The van der Waals surface area contributed by atoms with Crippen molar-refractivity contribution in [3.8, 4) is 0 Å². The van der Waals surface area contributed by atoms with Crippen LogP contribution in [0.25, 0.3) is 5.65 Å². The maximum absolute atomic E-state index is 13.5. The van der Waals surface area contributed by atoms with Gasteiger partial charge in [-0.05, 0) is 31.6 Å². The van der Waals surface area contributed by atoms with E-state index < -0.39 is 23.9 Å². The molecule has 3 heterocycles. The number of amides is 2. The molecule has 1 saturated carbocycles. The number of nitrogens with one attached hydrogen (secondary N) is 1. The van der Waals surface area contributed by atoms with Gasteiger partial charge in [0, 0.05) is 18.6 Å². The minimum Gasteiger partial charge on any atom is -0.366 e. The Hall–Kier alpha value is -3.37. The molecule has 0 aromatic carbocycles. The predicted molar refractivity (Wildman–Crippen MR) is 103 cm³/mol. The van der Waals surface area contributed by atoms with Crippen LogP contribution >= 0.6 is 0 Å². The topological polar surface area (TPSA) is 120 Å². The lowest BCUT2D eigenvalue weighted by atomic mass is 9.87. The molecule has 3 N–H and O–H groups in total. The van der Waals surface area contributed by atoms with E-state index >= 15 is 0 Å². The molecule has 1 fully saturated rings. The molecule has 2 amide bonds. The maximum atomic E-state index is 13.5. The molecule has 1 aliphatic carbocycles. The highest BCUT2D eigenvalue weighted by Gasteiger charge is 2.26. The fraction of sp³-hybridized carbons (Fsp3) is 0.421. The Morgan fingerprint density at radius 1 is 1.20 bits per heavy atom. The third-order valence-corrected chi connectivity index (χ3v) is 5.46. The molecule has 0 saturated heterocycles. The molecule has 4 rings (SSSR count). The number of halogens is 2. The third kappa shape index (κ3) is 3.74. The van der Waals surface area contributed by atoms with Crippen LogP contribution in [0.4, 0.5) is 14.5 Å². The number of nitrogens with two attached hydrogens (primary N) is 1. The van der Waals surface area contributed by atoms with Crippen molar-refractivity contribution in [2.24, 2.45) is 11.7 Å². The van der Waals surface area contributed by atoms with Crippen LogP contribution in [0.5, 0.6) is 0 Å². The van der Waals surface area contributed by atoms with Crippen molar-refractivity contribution in [1.82, 2.24) is 24.4 Å². The highest BCUT2D eigenvalue weighted by atomic mass is 19.3. The van der Waals surface area contributed by atoms with Crippen molar-refractivity contribution in [3.63, 3.8) is 0 Å². The lowest BCUT2D eigenvalue weighted by molar-refractivity contribution is 0.0997. The molecular weight excluding hydrogens is 396 g/mol. The lowest BCUT2D eigenvalue weighted by Gasteiger charge is -2.26. The average Bonchev–Trinajstić information content (AvgIpc) is 3.32. The summed E-state index contributed by atoms with van der Waals surface area (Å²) < 4.78 is 29.8. The van der Waals surface area contributed by atoms with E-state index in [1.54, 1.807) is 0 Å². The zero-order valence-electron chi connectivity index (χ0n) is 16.3. The molecule has 3 aromatic rings. The smallest absolute Gasteiger partial charge is 0.284 e. The van der Waals surface area contributed by atoms with Crippen LogP contribution in [-0.4, -0.2) is 36.2 Å². The number of hydrogen-bond donors (Lipinski definition) is 2. The van der Waals surface area contributed by atoms with Gasteiger partial charge < -0.3 is 11.1 Å². The zero-order chi connectivity index (χ0) is 21.4. The first kappa shape index (κ1) is 19.9. The molecule has 0 aliphatic heterocycles. The summed E-state index contributed by atoms with van der Waals surface area (Å²) in [5.74, 6) is -0.719. The number of anilines is 1. The second-order valence-corrected chi connectivity index (χ2v) is 7.61. The van der Waals surface area contributed by atoms with Crippen molar-refractivity contribution in [2.75, 3.05) is 5.32 Å². The highest BCUT2D eigenvalue weighted by molar-refractivity contribution is 6.08. The molecular formula is C19H21F2N7O2. The fourth-order valence-electron chi connectivity index (χ4n) is 3.71. The molecule has 11 heteroatoms. The molecule has 3 aromatic heterocycles. The molecule has 158 valence electrons. The van der Waals surface area contributed by atoms with Crippen molar-refractivity contribution in [3.05, 3.63) is 41.6 Å². The minimum atomic E-state index is -2.83. The minimum absolute atomic E-state index is 0.0372. The number of aromatic nitrogens is 5. The van der Waals surface area contributed by atoms with Crippen molar-refractivity contribution in [1.29, 1.82) is 0 Å². The molecule has 0 atom stereocenters. The number of fused-ring (bicyclic) bond motifs is 1. The van der Waals surface area contributed by atoms with E-state index in [0.717, 1.165) is 25.7 Å². The van der Waals surface area contributed by atoms with Gasteiger partial charge in [-0.2, -0.15) is 10.2 Å². The summed E-state index contributed by atoms with van der Waals surface area (Å²) in [5, 5.41) is 10.5. The van der Waals surface area contributed by atoms with Crippen molar-refractivity contribution < 1.29 is 18.4 Å². The largest absolute Gasteiger partial charge is 0.366 e. The average molecular weight is 417 g/mol. The Kier molecular flexibility index (Phi) is 5.18.